The molecule has 0 bridgehead atoms. The number of hydrogen-bond acceptors (Lipinski definition) is 5. The maximum Gasteiger partial charge on any atom is 0.224 e. The molecule has 1 fully saturated rings. The SMILES string of the molecule is O=C1CCC(C(=O)NCCc2ncon2)CN1. The van der Waals surface area contributed by atoms with Crippen LogP contribution in [0, 0.1) is 5.92 Å². The number of nitrogens with one attached hydrogen (secondary N) is 2. The standard InChI is InChI=1S/C10H14N4O3/c15-9-2-1-7(5-12-9)10(16)11-4-3-8-13-6-17-14-8/h6-7H,1-5H2,(H,11,16)(H,12,15). The van der Waals surface area contributed by atoms with Gasteiger partial charge in [0.15, 0.2) is 5.82 Å². The second kappa shape index (κ2) is 5.42. The van der Waals surface area contributed by atoms with Gasteiger partial charge in [-0.15, -0.1) is 0 Å². The Morgan fingerprint density at radius 1 is 1.65 bits per heavy atom. The van der Waals surface area contributed by atoms with Crippen molar-refractivity contribution in [3.8, 4) is 0 Å². The lowest BCUT2D eigenvalue weighted by Crippen LogP contribution is -2.43. The molecule has 0 aliphatic carbocycles. The van der Waals surface area contributed by atoms with E-state index in [1.165, 1.54) is 6.39 Å². The number of hydrogen-bond donors (Lipinski definition) is 2. The third kappa shape index (κ3) is 3.27. The third-order valence-corrected chi connectivity index (χ3v) is 2.69. The molecular formula is C10H14N4O3. The Balaban J connectivity index is 1.68. The van der Waals surface area contributed by atoms with Gasteiger partial charge in [0.1, 0.15) is 0 Å². The first-order valence-corrected chi connectivity index (χ1v) is 5.55. The van der Waals surface area contributed by atoms with Crippen LogP contribution in [-0.2, 0) is 16.0 Å². The number of nitrogens with zero attached hydrogens (tertiary/aromatic N) is 2. The van der Waals surface area contributed by atoms with E-state index in [0.717, 1.165) is 0 Å². The fourth-order valence-electron chi connectivity index (χ4n) is 1.70. The number of aromatic nitrogens is 2. The average molecular weight is 238 g/mol. The van der Waals surface area contributed by atoms with Gasteiger partial charge in [0.25, 0.3) is 0 Å². The van der Waals surface area contributed by atoms with Crippen molar-refractivity contribution in [3.05, 3.63) is 12.2 Å². The molecule has 2 rings (SSSR count). The quantitative estimate of drug-likeness (QED) is 0.719. The number of carbonyl (C=O) groups is 2. The predicted molar refractivity (Wildman–Crippen MR) is 56.7 cm³/mol. The fourth-order valence-corrected chi connectivity index (χ4v) is 1.70. The average Bonchev–Trinajstić information content (AvgIpc) is 2.83. The Morgan fingerprint density at radius 3 is 3.18 bits per heavy atom. The first-order chi connectivity index (χ1) is 8.25. The molecule has 1 aliphatic heterocycles. The fraction of sp³-hybridized carbons (Fsp3) is 0.600. The van der Waals surface area contributed by atoms with Gasteiger partial charge < -0.3 is 15.2 Å². The van der Waals surface area contributed by atoms with E-state index in [-0.39, 0.29) is 17.7 Å². The molecule has 0 aromatic carbocycles. The van der Waals surface area contributed by atoms with Crippen molar-refractivity contribution >= 4 is 11.8 Å². The van der Waals surface area contributed by atoms with Crippen LogP contribution in [0.1, 0.15) is 18.7 Å². The van der Waals surface area contributed by atoms with Gasteiger partial charge in [0.05, 0.1) is 5.92 Å². The Morgan fingerprint density at radius 2 is 2.53 bits per heavy atom. The maximum absolute atomic E-state index is 11.7. The van der Waals surface area contributed by atoms with Crippen molar-refractivity contribution in [2.45, 2.75) is 19.3 Å². The molecule has 0 spiro atoms. The number of amides is 2. The molecule has 2 N–H and O–H groups in total. The van der Waals surface area contributed by atoms with Crippen molar-refractivity contribution in [1.82, 2.24) is 20.8 Å². The van der Waals surface area contributed by atoms with Gasteiger partial charge in [-0.3, -0.25) is 9.59 Å². The molecule has 1 atom stereocenters. The summed E-state index contributed by atoms with van der Waals surface area (Å²) >= 11 is 0. The van der Waals surface area contributed by atoms with Crippen LogP contribution in [-0.4, -0.2) is 35.0 Å². The molecule has 17 heavy (non-hydrogen) atoms. The van der Waals surface area contributed by atoms with Crippen molar-refractivity contribution in [2.75, 3.05) is 13.1 Å². The van der Waals surface area contributed by atoms with Crippen molar-refractivity contribution in [3.63, 3.8) is 0 Å². The van der Waals surface area contributed by atoms with Crippen LogP contribution in [0.4, 0.5) is 0 Å². The van der Waals surface area contributed by atoms with Crippen molar-refractivity contribution in [2.24, 2.45) is 5.92 Å². The summed E-state index contributed by atoms with van der Waals surface area (Å²) in [6.07, 6.45) is 2.83. The lowest BCUT2D eigenvalue weighted by atomic mass is 9.98. The van der Waals surface area contributed by atoms with E-state index < -0.39 is 0 Å². The zero-order valence-corrected chi connectivity index (χ0v) is 9.31. The summed E-state index contributed by atoms with van der Waals surface area (Å²) in [5.41, 5.74) is 0. The van der Waals surface area contributed by atoms with Crippen LogP contribution in [0.2, 0.25) is 0 Å². The van der Waals surface area contributed by atoms with E-state index in [0.29, 0.717) is 38.2 Å². The van der Waals surface area contributed by atoms with E-state index >= 15 is 0 Å². The molecule has 1 unspecified atom stereocenters. The molecule has 0 saturated carbocycles. The van der Waals surface area contributed by atoms with E-state index in [1.54, 1.807) is 0 Å². The van der Waals surface area contributed by atoms with Gasteiger partial charge in [-0.25, -0.2) is 0 Å². The number of rotatable bonds is 4. The smallest absolute Gasteiger partial charge is 0.224 e. The Bertz CT molecular complexity index is 380. The van der Waals surface area contributed by atoms with E-state index in [9.17, 15) is 9.59 Å². The highest BCUT2D eigenvalue weighted by Gasteiger charge is 2.23. The largest absolute Gasteiger partial charge is 0.355 e. The second-order valence-electron chi connectivity index (χ2n) is 3.93. The summed E-state index contributed by atoms with van der Waals surface area (Å²) in [6.45, 7) is 0.899. The van der Waals surface area contributed by atoms with Gasteiger partial charge in [-0.05, 0) is 6.42 Å². The van der Waals surface area contributed by atoms with Crippen LogP contribution >= 0.6 is 0 Å². The Hall–Kier alpha value is -1.92. The van der Waals surface area contributed by atoms with Crippen LogP contribution < -0.4 is 10.6 Å². The molecule has 0 radical (unpaired) electrons. The van der Waals surface area contributed by atoms with Gasteiger partial charge in [0.2, 0.25) is 18.2 Å². The van der Waals surface area contributed by atoms with E-state index in [1.807, 2.05) is 0 Å². The summed E-state index contributed by atoms with van der Waals surface area (Å²) in [4.78, 5) is 26.5. The topological polar surface area (TPSA) is 97.1 Å². The maximum atomic E-state index is 11.7. The summed E-state index contributed by atoms with van der Waals surface area (Å²) < 4.78 is 4.58. The zero-order chi connectivity index (χ0) is 12.1. The molecule has 7 nitrogen and oxygen atoms in total. The lowest BCUT2D eigenvalue weighted by molar-refractivity contribution is -0.128. The molecule has 1 saturated heterocycles. The van der Waals surface area contributed by atoms with Crippen molar-refractivity contribution < 1.29 is 14.1 Å². The highest BCUT2D eigenvalue weighted by molar-refractivity contribution is 5.83. The first-order valence-electron chi connectivity index (χ1n) is 5.55. The van der Waals surface area contributed by atoms with Crippen molar-refractivity contribution in [1.29, 1.82) is 0 Å². The third-order valence-electron chi connectivity index (χ3n) is 2.69. The number of carbonyl (C=O) groups excluding carboxylic acids is 2. The minimum Gasteiger partial charge on any atom is -0.355 e. The highest BCUT2D eigenvalue weighted by Crippen LogP contribution is 2.10. The Kier molecular flexibility index (Phi) is 3.69. The minimum atomic E-state index is -0.127. The van der Waals surface area contributed by atoms with Crippen LogP contribution in [0.5, 0.6) is 0 Å². The molecule has 2 amide bonds. The molecular weight excluding hydrogens is 224 g/mol. The summed E-state index contributed by atoms with van der Waals surface area (Å²) in [7, 11) is 0. The normalized spacial score (nSPS) is 19.8. The zero-order valence-electron chi connectivity index (χ0n) is 9.31. The Labute approximate surface area is 98.0 Å². The molecule has 1 aliphatic rings. The summed E-state index contributed by atoms with van der Waals surface area (Å²) in [6, 6.07) is 0. The van der Waals surface area contributed by atoms with Crippen LogP contribution in [0.3, 0.4) is 0 Å². The van der Waals surface area contributed by atoms with E-state index in [2.05, 4.69) is 25.3 Å². The predicted octanol–water partition coefficient (Wildman–Crippen LogP) is -0.745. The highest BCUT2D eigenvalue weighted by atomic mass is 16.5. The minimum absolute atomic E-state index is 0.0147. The monoisotopic (exact) mass is 238 g/mol. The van der Waals surface area contributed by atoms with Crippen LogP contribution in [0.15, 0.2) is 10.9 Å². The van der Waals surface area contributed by atoms with E-state index in [4.69, 9.17) is 0 Å². The van der Waals surface area contributed by atoms with Gasteiger partial charge in [0, 0.05) is 25.9 Å². The first kappa shape index (κ1) is 11.6. The molecule has 1 aromatic heterocycles. The molecule has 2 heterocycles. The summed E-state index contributed by atoms with van der Waals surface area (Å²) in [5, 5.41) is 9.11. The van der Waals surface area contributed by atoms with Gasteiger partial charge in [-0.1, -0.05) is 5.16 Å². The number of piperidine rings is 1. The molecule has 92 valence electrons. The second-order valence-corrected chi connectivity index (χ2v) is 3.93. The van der Waals surface area contributed by atoms with Gasteiger partial charge >= 0.3 is 0 Å². The summed E-state index contributed by atoms with van der Waals surface area (Å²) in [5.74, 6) is 0.426. The molecule has 1 aromatic rings. The molecule has 7 heteroatoms. The van der Waals surface area contributed by atoms with Gasteiger partial charge in [-0.2, -0.15) is 4.98 Å². The lowest BCUT2D eigenvalue weighted by Gasteiger charge is -2.21. The van der Waals surface area contributed by atoms with Crippen LogP contribution in [0.25, 0.3) is 0 Å².